The molecular formula is C19H21ClN4O2S2. The van der Waals surface area contributed by atoms with Crippen molar-refractivity contribution >= 4 is 49.0 Å². The van der Waals surface area contributed by atoms with E-state index in [-0.39, 0.29) is 9.92 Å². The largest absolute Gasteiger partial charge is 0.353 e. The topological polar surface area (TPSA) is 66.4 Å². The molecule has 1 aliphatic rings. The van der Waals surface area contributed by atoms with Crippen molar-refractivity contribution in [3.05, 3.63) is 45.6 Å². The Labute approximate surface area is 173 Å². The van der Waals surface area contributed by atoms with Gasteiger partial charge in [-0.25, -0.2) is 18.4 Å². The van der Waals surface area contributed by atoms with Gasteiger partial charge in [0, 0.05) is 31.1 Å². The van der Waals surface area contributed by atoms with Crippen LogP contribution in [0.25, 0.3) is 10.2 Å². The van der Waals surface area contributed by atoms with Gasteiger partial charge in [0.25, 0.3) is 0 Å². The van der Waals surface area contributed by atoms with Crippen molar-refractivity contribution in [1.29, 1.82) is 0 Å². The van der Waals surface area contributed by atoms with Crippen LogP contribution in [0.2, 0.25) is 5.02 Å². The van der Waals surface area contributed by atoms with E-state index in [1.807, 2.05) is 6.92 Å². The second kappa shape index (κ2) is 7.26. The molecule has 2 aromatic heterocycles. The number of halogens is 1. The Morgan fingerprint density at radius 3 is 2.39 bits per heavy atom. The molecule has 0 aliphatic carbocycles. The van der Waals surface area contributed by atoms with Gasteiger partial charge in [-0.15, -0.1) is 11.3 Å². The second-order valence-electron chi connectivity index (χ2n) is 6.88. The molecule has 0 spiro atoms. The third-order valence-corrected chi connectivity index (χ3v) is 8.61. The van der Waals surface area contributed by atoms with Gasteiger partial charge in [0.2, 0.25) is 10.0 Å². The van der Waals surface area contributed by atoms with E-state index in [2.05, 4.69) is 23.7 Å². The quantitative estimate of drug-likeness (QED) is 0.625. The molecule has 1 fully saturated rings. The Morgan fingerprint density at radius 1 is 1.04 bits per heavy atom. The van der Waals surface area contributed by atoms with E-state index in [1.165, 1.54) is 14.7 Å². The number of nitrogens with zero attached hydrogens (tertiary/aromatic N) is 4. The fourth-order valence-corrected chi connectivity index (χ4v) is 6.48. The zero-order valence-electron chi connectivity index (χ0n) is 15.9. The molecular weight excluding hydrogens is 416 g/mol. The Kier molecular flexibility index (Phi) is 5.07. The van der Waals surface area contributed by atoms with Crippen molar-refractivity contribution in [3.63, 3.8) is 0 Å². The van der Waals surface area contributed by atoms with Crippen LogP contribution in [-0.2, 0) is 10.0 Å². The van der Waals surface area contributed by atoms with E-state index < -0.39 is 10.0 Å². The van der Waals surface area contributed by atoms with E-state index in [4.69, 9.17) is 16.6 Å². The molecule has 0 unspecified atom stereocenters. The maximum Gasteiger partial charge on any atom is 0.244 e. The summed E-state index contributed by atoms with van der Waals surface area (Å²) in [7, 11) is -3.61. The van der Waals surface area contributed by atoms with Gasteiger partial charge in [-0.3, -0.25) is 0 Å². The summed E-state index contributed by atoms with van der Waals surface area (Å²) in [6.45, 7) is 8.00. The highest BCUT2D eigenvalue weighted by molar-refractivity contribution is 7.89. The van der Waals surface area contributed by atoms with Crippen molar-refractivity contribution in [2.75, 3.05) is 31.1 Å². The first-order chi connectivity index (χ1) is 13.3. The van der Waals surface area contributed by atoms with Crippen LogP contribution in [0, 0.1) is 20.8 Å². The normalized spacial score (nSPS) is 16.1. The molecule has 0 saturated carbocycles. The minimum absolute atomic E-state index is 0.162. The van der Waals surface area contributed by atoms with Crippen LogP contribution in [0.1, 0.15) is 16.3 Å². The highest BCUT2D eigenvalue weighted by Gasteiger charge is 2.31. The predicted molar refractivity (Wildman–Crippen MR) is 114 cm³/mol. The summed E-state index contributed by atoms with van der Waals surface area (Å²) in [4.78, 5) is 13.8. The number of aryl methyl sites for hydroxylation is 3. The van der Waals surface area contributed by atoms with E-state index in [0.717, 1.165) is 21.9 Å². The third kappa shape index (κ3) is 3.28. The number of aromatic nitrogens is 2. The molecule has 1 aromatic carbocycles. The highest BCUT2D eigenvalue weighted by Crippen LogP contribution is 2.35. The number of hydrogen-bond donors (Lipinski definition) is 0. The number of fused-ring (bicyclic) bond motifs is 1. The second-order valence-corrected chi connectivity index (χ2v) is 10.4. The van der Waals surface area contributed by atoms with Gasteiger partial charge in [0.15, 0.2) is 0 Å². The molecule has 0 bridgehead atoms. The number of benzene rings is 1. The molecule has 0 N–H and O–H groups in total. The molecule has 0 atom stereocenters. The zero-order chi connectivity index (χ0) is 20.1. The first-order valence-electron chi connectivity index (χ1n) is 9.03. The maximum absolute atomic E-state index is 13.0. The van der Waals surface area contributed by atoms with E-state index in [9.17, 15) is 8.42 Å². The number of anilines is 1. The van der Waals surface area contributed by atoms with Crippen LogP contribution < -0.4 is 4.90 Å². The smallest absolute Gasteiger partial charge is 0.244 e. The minimum atomic E-state index is -3.61. The number of rotatable bonds is 3. The zero-order valence-corrected chi connectivity index (χ0v) is 18.3. The lowest BCUT2D eigenvalue weighted by molar-refractivity contribution is 0.384. The summed E-state index contributed by atoms with van der Waals surface area (Å²) >= 11 is 7.80. The number of thiophene rings is 1. The maximum atomic E-state index is 13.0. The van der Waals surface area contributed by atoms with E-state index >= 15 is 0 Å². The Morgan fingerprint density at radius 2 is 1.71 bits per heavy atom. The van der Waals surface area contributed by atoms with E-state index in [0.29, 0.717) is 26.2 Å². The van der Waals surface area contributed by atoms with Gasteiger partial charge in [-0.1, -0.05) is 23.7 Å². The summed E-state index contributed by atoms with van der Waals surface area (Å²) in [5, 5.41) is 1.33. The van der Waals surface area contributed by atoms with Gasteiger partial charge in [0.1, 0.15) is 21.4 Å². The lowest BCUT2D eigenvalue weighted by Crippen LogP contribution is -2.49. The molecule has 6 nitrogen and oxygen atoms in total. The van der Waals surface area contributed by atoms with Gasteiger partial charge < -0.3 is 4.90 Å². The summed E-state index contributed by atoms with van der Waals surface area (Å²) in [5.74, 6) is 1.63. The van der Waals surface area contributed by atoms with Crippen LogP contribution in [-0.4, -0.2) is 48.9 Å². The monoisotopic (exact) mass is 436 g/mol. The lowest BCUT2D eigenvalue weighted by Gasteiger charge is -2.35. The summed E-state index contributed by atoms with van der Waals surface area (Å²) in [6, 6.07) is 6.58. The Hall–Kier alpha value is -1.74. The first kappa shape index (κ1) is 19.6. The SMILES string of the molecule is Cc1nc(N2CCN(S(=O)(=O)c3ccccc3Cl)CC2)c2c(C)c(C)sc2n1. The van der Waals surface area contributed by atoms with Gasteiger partial charge >= 0.3 is 0 Å². The van der Waals surface area contributed by atoms with Crippen molar-refractivity contribution < 1.29 is 8.42 Å². The van der Waals surface area contributed by atoms with Crippen LogP contribution in [0.5, 0.6) is 0 Å². The van der Waals surface area contributed by atoms with Crippen LogP contribution in [0.3, 0.4) is 0 Å². The molecule has 4 rings (SSSR count). The fourth-order valence-electron chi connectivity index (χ4n) is 3.49. The lowest BCUT2D eigenvalue weighted by atomic mass is 10.2. The van der Waals surface area contributed by atoms with Crippen LogP contribution >= 0.6 is 22.9 Å². The predicted octanol–water partition coefficient (Wildman–Crippen LogP) is 3.78. The average Bonchev–Trinajstić information content (AvgIpc) is 2.95. The molecule has 0 amide bonds. The molecule has 9 heteroatoms. The summed E-state index contributed by atoms with van der Waals surface area (Å²) in [5.41, 5.74) is 1.20. The number of hydrogen-bond acceptors (Lipinski definition) is 6. The fraction of sp³-hybridized carbons (Fsp3) is 0.368. The van der Waals surface area contributed by atoms with Gasteiger partial charge in [-0.05, 0) is 38.5 Å². The highest BCUT2D eigenvalue weighted by atomic mass is 35.5. The third-order valence-electron chi connectivity index (χ3n) is 5.11. The van der Waals surface area contributed by atoms with Crippen molar-refractivity contribution in [2.45, 2.75) is 25.7 Å². The summed E-state index contributed by atoms with van der Waals surface area (Å²) in [6.07, 6.45) is 0. The molecule has 1 aliphatic heterocycles. The van der Waals surface area contributed by atoms with Crippen LogP contribution in [0.15, 0.2) is 29.2 Å². The number of sulfonamides is 1. The van der Waals surface area contributed by atoms with Crippen LogP contribution in [0.4, 0.5) is 5.82 Å². The molecule has 1 saturated heterocycles. The Bertz CT molecular complexity index is 1150. The van der Waals surface area contributed by atoms with Gasteiger partial charge in [0.05, 0.1) is 10.4 Å². The molecule has 28 heavy (non-hydrogen) atoms. The standard InChI is InChI=1S/C19H21ClN4O2S2/c1-12-13(2)27-19-17(12)18(21-14(3)22-19)23-8-10-24(11-9-23)28(25,26)16-7-5-4-6-15(16)20/h4-7H,8-11H2,1-3H3. The first-order valence-corrected chi connectivity index (χ1v) is 11.7. The molecule has 3 heterocycles. The van der Waals surface area contributed by atoms with Gasteiger partial charge in [-0.2, -0.15) is 4.31 Å². The van der Waals surface area contributed by atoms with Crippen molar-refractivity contribution in [1.82, 2.24) is 14.3 Å². The van der Waals surface area contributed by atoms with E-state index in [1.54, 1.807) is 35.6 Å². The van der Waals surface area contributed by atoms with Crippen molar-refractivity contribution in [2.24, 2.45) is 0 Å². The number of piperazine rings is 1. The summed E-state index contributed by atoms with van der Waals surface area (Å²) < 4.78 is 27.5. The molecule has 3 aromatic rings. The Balaban J connectivity index is 1.62. The molecule has 148 valence electrons. The average molecular weight is 437 g/mol. The minimum Gasteiger partial charge on any atom is -0.353 e. The molecule has 0 radical (unpaired) electrons. The van der Waals surface area contributed by atoms with Crippen molar-refractivity contribution in [3.8, 4) is 0 Å².